The van der Waals surface area contributed by atoms with E-state index in [1.165, 1.54) is 0 Å². The number of hydrogen-bond acceptors (Lipinski definition) is 2. The third kappa shape index (κ3) is 4.58. The number of halogens is 2. The highest BCUT2D eigenvalue weighted by atomic mass is 79.9. The van der Waals surface area contributed by atoms with Crippen molar-refractivity contribution in [2.24, 2.45) is 0 Å². The maximum Gasteiger partial charge on any atom is 0.262 e. The first-order valence-electron chi connectivity index (χ1n) is 6.40. The van der Waals surface area contributed by atoms with E-state index in [9.17, 15) is 4.79 Å². The van der Waals surface area contributed by atoms with Crippen molar-refractivity contribution >= 4 is 43.5 Å². The number of benzene rings is 2. The summed E-state index contributed by atoms with van der Waals surface area (Å²) in [4.78, 5) is 11.9. The number of aryl methyl sites for hydroxylation is 2. The van der Waals surface area contributed by atoms with Gasteiger partial charge in [0.15, 0.2) is 6.61 Å². The van der Waals surface area contributed by atoms with Gasteiger partial charge in [0, 0.05) is 14.6 Å². The van der Waals surface area contributed by atoms with E-state index in [1.807, 2.05) is 50.2 Å². The summed E-state index contributed by atoms with van der Waals surface area (Å²) in [5.74, 6) is 0.572. The Kier molecular flexibility index (Phi) is 5.42. The van der Waals surface area contributed by atoms with E-state index in [4.69, 9.17) is 4.74 Å². The lowest BCUT2D eigenvalue weighted by Crippen LogP contribution is -2.20. The van der Waals surface area contributed by atoms with Gasteiger partial charge in [0.25, 0.3) is 5.91 Å². The second kappa shape index (κ2) is 7.09. The van der Waals surface area contributed by atoms with Crippen molar-refractivity contribution in [1.29, 1.82) is 0 Å². The minimum Gasteiger partial charge on any atom is -0.483 e. The van der Waals surface area contributed by atoms with E-state index < -0.39 is 0 Å². The van der Waals surface area contributed by atoms with Crippen LogP contribution in [0.4, 0.5) is 5.69 Å². The van der Waals surface area contributed by atoms with Gasteiger partial charge in [0.1, 0.15) is 5.75 Å². The van der Waals surface area contributed by atoms with E-state index in [2.05, 4.69) is 37.2 Å². The molecule has 0 aliphatic heterocycles. The molecular weight excluding hydrogens is 398 g/mol. The average molecular weight is 413 g/mol. The fourth-order valence-electron chi connectivity index (χ4n) is 1.99. The number of carbonyl (C=O) groups excluding carboxylic acids is 1. The van der Waals surface area contributed by atoms with Crippen molar-refractivity contribution < 1.29 is 9.53 Å². The van der Waals surface area contributed by atoms with Gasteiger partial charge in [-0.2, -0.15) is 0 Å². The van der Waals surface area contributed by atoms with Crippen LogP contribution in [-0.4, -0.2) is 12.5 Å². The summed E-state index contributed by atoms with van der Waals surface area (Å²) >= 11 is 6.79. The zero-order chi connectivity index (χ0) is 15.4. The molecule has 0 aliphatic rings. The van der Waals surface area contributed by atoms with E-state index in [1.54, 1.807) is 0 Å². The summed E-state index contributed by atoms with van der Waals surface area (Å²) < 4.78 is 7.61. The Morgan fingerprint density at radius 2 is 1.62 bits per heavy atom. The van der Waals surface area contributed by atoms with Crippen LogP contribution in [-0.2, 0) is 4.79 Å². The first-order valence-corrected chi connectivity index (χ1v) is 7.99. The van der Waals surface area contributed by atoms with Crippen LogP contribution in [0, 0.1) is 13.8 Å². The number of amides is 1. The van der Waals surface area contributed by atoms with Gasteiger partial charge in [-0.05, 0) is 61.4 Å². The molecule has 0 heterocycles. The standard InChI is InChI=1S/C16H15Br2NO2/c1-10-7-13(18)8-11(2)16(10)21-9-15(20)19-14-5-3-12(17)4-6-14/h3-8H,9H2,1-2H3,(H,19,20). The van der Waals surface area contributed by atoms with Gasteiger partial charge in [-0.15, -0.1) is 0 Å². The molecule has 0 unspecified atom stereocenters. The highest BCUT2D eigenvalue weighted by Gasteiger charge is 2.09. The van der Waals surface area contributed by atoms with E-state index >= 15 is 0 Å². The smallest absolute Gasteiger partial charge is 0.262 e. The molecule has 1 N–H and O–H groups in total. The third-order valence-corrected chi connectivity index (χ3v) is 3.89. The first-order chi connectivity index (χ1) is 9.95. The molecule has 3 nitrogen and oxygen atoms in total. The van der Waals surface area contributed by atoms with Crippen LogP contribution >= 0.6 is 31.9 Å². The van der Waals surface area contributed by atoms with Crippen molar-refractivity contribution in [1.82, 2.24) is 0 Å². The van der Waals surface area contributed by atoms with Crippen molar-refractivity contribution in [2.75, 3.05) is 11.9 Å². The van der Waals surface area contributed by atoms with Crippen LogP contribution in [0.2, 0.25) is 0 Å². The van der Waals surface area contributed by atoms with Crippen LogP contribution in [0.25, 0.3) is 0 Å². The third-order valence-electron chi connectivity index (χ3n) is 2.90. The molecule has 2 aromatic rings. The summed E-state index contributed by atoms with van der Waals surface area (Å²) in [6.45, 7) is 3.90. The molecule has 110 valence electrons. The van der Waals surface area contributed by atoms with Gasteiger partial charge in [-0.25, -0.2) is 0 Å². The fourth-order valence-corrected chi connectivity index (χ4v) is 2.94. The van der Waals surface area contributed by atoms with E-state index in [0.717, 1.165) is 31.5 Å². The molecule has 5 heteroatoms. The molecular formula is C16H15Br2NO2. The van der Waals surface area contributed by atoms with Crippen molar-refractivity contribution in [3.63, 3.8) is 0 Å². The van der Waals surface area contributed by atoms with Gasteiger partial charge in [-0.1, -0.05) is 31.9 Å². The Morgan fingerprint density at radius 1 is 1.05 bits per heavy atom. The molecule has 0 saturated heterocycles. The lowest BCUT2D eigenvalue weighted by atomic mass is 10.1. The predicted octanol–water partition coefficient (Wildman–Crippen LogP) is 4.85. The van der Waals surface area contributed by atoms with Crippen molar-refractivity contribution in [2.45, 2.75) is 13.8 Å². The highest BCUT2D eigenvalue weighted by Crippen LogP contribution is 2.27. The first kappa shape index (κ1) is 16.0. The molecule has 0 aliphatic carbocycles. The maximum absolute atomic E-state index is 11.9. The summed E-state index contributed by atoms with van der Waals surface area (Å²) in [5.41, 5.74) is 2.74. The summed E-state index contributed by atoms with van der Waals surface area (Å²) in [5, 5.41) is 2.80. The number of rotatable bonds is 4. The topological polar surface area (TPSA) is 38.3 Å². The molecule has 0 spiro atoms. The summed E-state index contributed by atoms with van der Waals surface area (Å²) in [7, 11) is 0. The Morgan fingerprint density at radius 3 is 2.19 bits per heavy atom. The van der Waals surface area contributed by atoms with Crippen LogP contribution < -0.4 is 10.1 Å². The zero-order valence-corrected chi connectivity index (χ0v) is 14.9. The molecule has 1 amide bonds. The van der Waals surface area contributed by atoms with Gasteiger partial charge in [0.05, 0.1) is 0 Å². The Balaban J connectivity index is 1.97. The normalized spacial score (nSPS) is 10.3. The zero-order valence-electron chi connectivity index (χ0n) is 11.7. The highest BCUT2D eigenvalue weighted by molar-refractivity contribution is 9.10. The second-order valence-electron chi connectivity index (χ2n) is 4.71. The summed E-state index contributed by atoms with van der Waals surface area (Å²) in [6.07, 6.45) is 0. The number of anilines is 1. The van der Waals surface area contributed by atoms with Gasteiger partial charge in [-0.3, -0.25) is 4.79 Å². The lowest BCUT2D eigenvalue weighted by molar-refractivity contribution is -0.118. The SMILES string of the molecule is Cc1cc(Br)cc(C)c1OCC(=O)Nc1ccc(Br)cc1. The van der Waals surface area contributed by atoms with Crippen LogP contribution in [0.1, 0.15) is 11.1 Å². The van der Waals surface area contributed by atoms with E-state index in [0.29, 0.717) is 0 Å². The molecule has 21 heavy (non-hydrogen) atoms. The van der Waals surface area contributed by atoms with Crippen LogP contribution in [0.15, 0.2) is 45.3 Å². The predicted molar refractivity (Wildman–Crippen MR) is 91.9 cm³/mol. The molecule has 0 radical (unpaired) electrons. The molecule has 0 fully saturated rings. The molecule has 0 bridgehead atoms. The monoisotopic (exact) mass is 411 g/mol. The number of carbonyl (C=O) groups is 1. The molecule has 2 rings (SSSR count). The van der Waals surface area contributed by atoms with Gasteiger partial charge < -0.3 is 10.1 Å². The Hall–Kier alpha value is -1.33. The fraction of sp³-hybridized carbons (Fsp3) is 0.188. The summed E-state index contributed by atoms with van der Waals surface area (Å²) in [6, 6.07) is 11.3. The number of nitrogens with one attached hydrogen (secondary N) is 1. The largest absolute Gasteiger partial charge is 0.483 e. The minimum absolute atomic E-state index is 0.0145. The number of ether oxygens (including phenoxy) is 1. The minimum atomic E-state index is -0.181. The maximum atomic E-state index is 11.9. The average Bonchev–Trinajstić information content (AvgIpc) is 2.40. The van der Waals surface area contributed by atoms with Gasteiger partial charge in [0.2, 0.25) is 0 Å². The lowest BCUT2D eigenvalue weighted by Gasteiger charge is -2.12. The molecule has 0 aromatic heterocycles. The molecule has 0 saturated carbocycles. The number of hydrogen-bond donors (Lipinski definition) is 1. The van der Waals surface area contributed by atoms with Gasteiger partial charge >= 0.3 is 0 Å². The Labute approximate surface area is 141 Å². The van der Waals surface area contributed by atoms with Crippen molar-refractivity contribution in [3.05, 3.63) is 56.5 Å². The van der Waals surface area contributed by atoms with E-state index in [-0.39, 0.29) is 12.5 Å². The van der Waals surface area contributed by atoms with Crippen LogP contribution in [0.5, 0.6) is 5.75 Å². The van der Waals surface area contributed by atoms with Crippen LogP contribution in [0.3, 0.4) is 0 Å². The van der Waals surface area contributed by atoms with Crippen molar-refractivity contribution in [3.8, 4) is 5.75 Å². The Bertz CT molecular complexity index is 631. The quantitative estimate of drug-likeness (QED) is 0.779. The second-order valence-corrected chi connectivity index (χ2v) is 6.54. The molecule has 2 aromatic carbocycles. The molecule has 0 atom stereocenters.